The van der Waals surface area contributed by atoms with Crippen LogP contribution in [0.4, 0.5) is 0 Å². The molecule has 6 heteroatoms. The van der Waals surface area contributed by atoms with Gasteiger partial charge in [0.15, 0.2) is 0 Å². The molecular weight excluding hydrogens is 344 g/mol. The van der Waals surface area contributed by atoms with Crippen LogP contribution in [-0.4, -0.2) is 46.4 Å². The molecule has 0 aliphatic carbocycles. The summed E-state index contributed by atoms with van der Waals surface area (Å²) in [6, 6.07) is 9.59. The molecule has 148 valence electrons. The summed E-state index contributed by atoms with van der Waals surface area (Å²) in [6.07, 6.45) is 2.87. The van der Waals surface area contributed by atoms with E-state index in [4.69, 9.17) is 0 Å². The first-order valence-corrected chi connectivity index (χ1v) is 9.74. The predicted molar refractivity (Wildman–Crippen MR) is 103 cm³/mol. The molecule has 1 aromatic rings. The fraction of sp³-hybridized carbons (Fsp3) is 0.571. The Labute approximate surface area is 160 Å². The maximum Gasteiger partial charge on any atom is 0.305 e. The van der Waals surface area contributed by atoms with Crippen molar-refractivity contribution < 1.29 is 19.5 Å². The molecule has 1 heterocycles. The summed E-state index contributed by atoms with van der Waals surface area (Å²) in [7, 11) is 0. The zero-order chi connectivity index (χ0) is 19.9. The number of aliphatic carboxylic acids is 1. The summed E-state index contributed by atoms with van der Waals surface area (Å²) in [6.45, 7) is 4.85. The second-order valence-electron chi connectivity index (χ2n) is 7.39. The Bertz CT molecular complexity index is 655. The van der Waals surface area contributed by atoms with Gasteiger partial charge in [-0.2, -0.15) is 0 Å². The van der Waals surface area contributed by atoms with Gasteiger partial charge in [0.2, 0.25) is 11.8 Å². The van der Waals surface area contributed by atoms with E-state index in [0.717, 1.165) is 18.4 Å². The number of carbonyl (C=O) groups is 3. The lowest BCUT2D eigenvalue weighted by atomic mass is 9.87. The highest BCUT2D eigenvalue weighted by Gasteiger charge is 2.35. The molecule has 2 N–H and O–H groups in total. The average molecular weight is 374 g/mol. The van der Waals surface area contributed by atoms with Crippen LogP contribution in [0.15, 0.2) is 30.3 Å². The molecule has 0 spiro atoms. The molecule has 27 heavy (non-hydrogen) atoms. The molecule has 1 atom stereocenters. The van der Waals surface area contributed by atoms with Crippen LogP contribution in [0.2, 0.25) is 0 Å². The molecule has 0 radical (unpaired) electrons. The van der Waals surface area contributed by atoms with Gasteiger partial charge in [0.1, 0.15) is 0 Å². The summed E-state index contributed by atoms with van der Waals surface area (Å²) >= 11 is 0. The monoisotopic (exact) mass is 374 g/mol. The number of carboxylic acids is 1. The van der Waals surface area contributed by atoms with Crippen molar-refractivity contribution in [3.8, 4) is 0 Å². The van der Waals surface area contributed by atoms with E-state index >= 15 is 0 Å². The normalized spacial score (nSPS) is 17.4. The van der Waals surface area contributed by atoms with Crippen molar-refractivity contribution in [2.24, 2.45) is 5.92 Å². The molecular formula is C21H30N2O4. The zero-order valence-corrected chi connectivity index (χ0v) is 16.2. The Morgan fingerprint density at radius 2 is 1.85 bits per heavy atom. The molecule has 6 nitrogen and oxygen atoms in total. The number of nitrogens with zero attached hydrogens (tertiary/aromatic N) is 1. The minimum atomic E-state index is -0.915. The smallest absolute Gasteiger partial charge is 0.305 e. The quantitative estimate of drug-likeness (QED) is 0.732. The number of carboxylic acid groups (broad SMARTS) is 1. The van der Waals surface area contributed by atoms with Gasteiger partial charge >= 0.3 is 5.97 Å². The standard InChI is InChI=1S/C21H30N2O4/c1-3-21(4-2,14-19(25)26)22-20(27)17-11-8-12-23(15-17)18(24)13-16-9-6-5-7-10-16/h5-7,9-10,17H,3-4,8,11-15H2,1-2H3,(H,22,27)(H,25,26). The average Bonchev–Trinajstić information content (AvgIpc) is 2.67. The van der Waals surface area contributed by atoms with Crippen molar-refractivity contribution in [2.75, 3.05) is 13.1 Å². The molecule has 1 fully saturated rings. The first kappa shape index (κ1) is 20.9. The fourth-order valence-electron chi connectivity index (χ4n) is 3.67. The number of rotatable bonds is 8. The number of hydrogen-bond donors (Lipinski definition) is 2. The maximum atomic E-state index is 12.8. The molecule has 1 unspecified atom stereocenters. The number of benzene rings is 1. The Kier molecular flexibility index (Phi) is 7.39. The van der Waals surface area contributed by atoms with Crippen molar-refractivity contribution in [1.82, 2.24) is 10.2 Å². The molecule has 0 bridgehead atoms. The lowest BCUT2D eigenvalue weighted by molar-refractivity contribution is -0.139. The second kappa shape index (κ2) is 9.53. The molecule has 0 saturated carbocycles. The van der Waals surface area contributed by atoms with E-state index in [1.165, 1.54) is 0 Å². The fourth-order valence-corrected chi connectivity index (χ4v) is 3.67. The van der Waals surface area contributed by atoms with E-state index < -0.39 is 11.5 Å². The van der Waals surface area contributed by atoms with Crippen LogP contribution >= 0.6 is 0 Å². The molecule has 1 saturated heterocycles. The van der Waals surface area contributed by atoms with Gasteiger partial charge in [0.25, 0.3) is 0 Å². The van der Waals surface area contributed by atoms with Gasteiger partial charge in [-0.3, -0.25) is 14.4 Å². The van der Waals surface area contributed by atoms with Crippen LogP contribution in [0.1, 0.15) is 51.5 Å². The highest BCUT2D eigenvalue weighted by Crippen LogP contribution is 2.23. The van der Waals surface area contributed by atoms with Crippen molar-refractivity contribution in [2.45, 2.75) is 57.9 Å². The number of nitrogens with one attached hydrogen (secondary N) is 1. The van der Waals surface area contributed by atoms with Crippen LogP contribution in [0.25, 0.3) is 0 Å². The topological polar surface area (TPSA) is 86.7 Å². The van der Waals surface area contributed by atoms with E-state index in [1.54, 1.807) is 4.90 Å². The third-order valence-electron chi connectivity index (χ3n) is 5.57. The minimum Gasteiger partial charge on any atom is -0.481 e. The largest absolute Gasteiger partial charge is 0.481 e. The second-order valence-corrected chi connectivity index (χ2v) is 7.39. The summed E-state index contributed by atoms with van der Waals surface area (Å²) in [5.74, 6) is -1.31. The summed E-state index contributed by atoms with van der Waals surface area (Å²) in [5, 5.41) is 12.2. The van der Waals surface area contributed by atoms with Gasteiger partial charge in [-0.25, -0.2) is 0 Å². The highest BCUT2D eigenvalue weighted by molar-refractivity contribution is 5.83. The maximum absolute atomic E-state index is 12.8. The van der Waals surface area contributed by atoms with Gasteiger partial charge in [0, 0.05) is 18.6 Å². The number of piperidine rings is 1. The lowest BCUT2D eigenvalue weighted by Crippen LogP contribution is -2.54. The Balaban J connectivity index is 1.98. The van der Waals surface area contributed by atoms with Crippen LogP contribution in [0.5, 0.6) is 0 Å². The first-order valence-electron chi connectivity index (χ1n) is 9.74. The third kappa shape index (κ3) is 5.81. The Morgan fingerprint density at radius 3 is 2.44 bits per heavy atom. The molecule has 0 aromatic heterocycles. The molecule has 1 aliphatic rings. The van der Waals surface area contributed by atoms with Crippen LogP contribution < -0.4 is 5.32 Å². The predicted octanol–water partition coefficient (Wildman–Crippen LogP) is 2.62. The van der Waals surface area contributed by atoms with Crippen molar-refractivity contribution >= 4 is 17.8 Å². The molecule has 1 aliphatic heterocycles. The van der Waals surface area contributed by atoms with Gasteiger partial charge < -0.3 is 15.3 Å². The number of likely N-dealkylation sites (tertiary alicyclic amines) is 1. The van der Waals surface area contributed by atoms with Gasteiger partial charge in [-0.05, 0) is 31.2 Å². The Morgan fingerprint density at radius 1 is 1.19 bits per heavy atom. The zero-order valence-electron chi connectivity index (χ0n) is 16.2. The van der Waals surface area contributed by atoms with E-state index in [1.807, 2.05) is 44.2 Å². The van der Waals surface area contributed by atoms with E-state index in [-0.39, 0.29) is 24.2 Å². The van der Waals surface area contributed by atoms with E-state index in [0.29, 0.717) is 32.4 Å². The van der Waals surface area contributed by atoms with Gasteiger partial charge in [0.05, 0.1) is 18.8 Å². The van der Waals surface area contributed by atoms with Crippen LogP contribution in [-0.2, 0) is 20.8 Å². The minimum absolute atomic E-state index is 0.0292. The van der Waals surface area contributed by atoms with Crippen LogP contribution in [0.3, 0.4) is 0 Å². The van der Waals surface area contributed by atoms with Gasteiger partial charge in [-0.15, -0.1) is 0 Å². The van der Waals surface area contributed by atoms with Gasteiger partial charge in [-0.1, -0.05) is 44.2 Å². The molecule has 2 amide bonds. The summed E-state index contributed by atoms with van der Waals surface area (Å²) < 4.78 is 0. The summed E-state index contributed by atoms with van der Waals surface area (Å²) in [4.78, 5) is 38.4. The molecule has 1 aromatic carbocycles. The number of amides is 2. The van der Waals surface area contributed by atoms with E-state index in [2.05, 4.69) is 5.32 Å². The van der Waals surface area contributed by atoms with Crippen molar-refractivity contribution in [3.05, 3.63) is 35.9 Å². The first-order chi connectivity index (χ1) is 12.9. The lowest BCUT2D eigenvalue weighted by Gasteiger charge is -2.36. The molecule has 2 rings (SSSR count). The van der Waals surface area contributed by atoms with E-state index in [9.17, 15) is 19.5 Å². The number of carbonyl (C=O) groups excluding carboxylic acids is 2. The Hall–Kier alpha value is -2.37. The third-order valence-corrected chi connectivity index (χ3v) is 5.57. The van der Waals surface area contributed by atoms with Crippen LogP contribution in [0, 0.1) is 5.92 Å². The number of hydrogen-bond acceptors (Lipinski definition) is 3. The summed E-state index contributed by atoms with van der Waals surface area (Å²) in [5.41, 5.74) is 0.241. The van der Waals surface area contributed by atoms with Crippen molar-refractivity contribution in [3.63, 3.8) is 0 Å². The van der Waals surface area contributed by atoms with Crippen molar-refractivity contribution in [1.29, 1.82) is 0 Å². The highest BCUT2D eigenvalue weighted by atomic mass is 16.4. The SMILES string of the molecule is CCC(CC)(CC(=O)O)NC(=O)C1CCCN(C(=O)Cc2ccccc2)C1.